The van der Waals surface area contributed by atoms with Crippen molar-refractivity contribution in [3.8, 4) is 28.1 Å². The first kappa shape index (κ1) is 29.9. The number of carbonyl (C=O) groups is 1. The van der Waals surface area contributed by atoms with Crippen LogP contribution in [0.2, 0.25) is 0 Å². The summed E-state index contributed by atoms with van der Waals surface area (Å²) in [5.41, 5.74) is 1.48. The number of nitrogens with one attached hydrogen (secondary N) is 1. The summed E-state index contributed by atoms with van der Waals surface area (Å²) in [7, 11) is -1.02. The van der Waals surface area contributed by atoms with E-state index in [1.165, 1.54) is 73.5 Å². The minimum Gasteiger partial charge on any atom is -0.455 e. The summed E-state index contributed by atoms with van der Waals surface area (Å²) in [6, 6.07) is 18.4. The number of fused-ring (bicyclic) bond motifs is 2. The smallest absolute Gasteiger partial charge is 0.418 e. The van der Waals surface area contributed by atoms with Gasteiger partial charge in [0.1, 0.15) is 23.5 Å². The summed E-state index contributed by atoms with van der Waals surface area (Å²) in [5, 5.41) is 2.92. The SMILES string of the molecule is CNC(=O)c1c(-c2ccc(F)cc2)oc2cc(N(C)S(C)(=O)=O)c(-c3ccc4ncn(-c5ccccc5C(F)(F)F)c4c3)cc12. The van der Waals surface area contributed by atoms with Crippen LogP contribution in [0, 0.1) is 5.82 Å². The highest BCUT2D eigenvalue weighted by Crippen LogP contribution is 2.42. The molecule has 2 aromatic heterocycles. The first-order valence-electron chi connectivity index (χ1n) is 13.4. The largest absolute Gasteiger partial charge is 0.455 e. The first-order valence-corrected chi connectivity index (χ1v) is 15.3. The van der Waals surface area contributed by atoms with Gasteiger partial charge >= 0.3 is 6.18 Å². The minimum absolute atomic E-state index is 0.130. The van der Waals surface area contributed by atoms with Crippen molar-refractivity contribution in [2.24, 2.45) is 0 Å². The van der Waals surface area contributed by atoms with Gasteiger partial charge < -0.3 is 9.73 Å². The van der Waals surface area contributed by atoms with E-state index in [9.17, 15) is 30.8 Å². The third-order valence-corrected chi connectivity index (χ3v) is 8.72. The van der Waals surface area contributed by atoms with Crippen molar-refractivity contribution in [3.05, 3.63) is 102 Å². The zero-order chi connectivity index (χ0) is 32.3. The van der Waals surface area contributed by atoms with Crippen LogP contribution in [0.1, 0.15) is 15.9 Å². The molecule has 0 aliphatic carbocycles. The lowest BCUT2D eigenvalue weighted by molar-refractivity contribution is -0.137. The van der Waals surface area contributed by atoms with E-state index >= 15 is 0 Å². The number of imidazole rings is 1. The number of anilines is 1. The molecule has 1 N–H and O–H groups in total. The van der Waals surface area contributed by atoms with Gasteiger partial charge in [-0.25, -0.2) is 17.8 Å². The molecule has 230 valence electrons. The fourth-order valence-corrected chi connectivity index (χ4v) is 5.76. The van der Waals surface area contributed by atoms with Crippen molar-refractivity contribution < 1.29 is 35.2 Å². The highest BCUT2D eigenvalue weighted by molar-refractivity contribution is 7.92. The second kappa shape index (κ2) is 10.8. The van der Waals surface area contributed by atoms with Gasteiger partial charge in [-0.15, -0.1) is 0 Å². The molecule has 0 spiro atoms. The van der Waals surface area contributed by atoms with E-state index in [-0.39, 0.29) is 28.3 Å². The number of halogens is 4. The van der Waals surface area contributed by atoms with E-state index in [0.29, 0.717) is 33.1 Å². The Labute approximate surface area is 254 Å². The Morgan fingerprint density at radius 1 is 0.978 bits per heavy atom. The van der Waals surface area contributed by atoms with E-state index in [2.05, 4.69) is 10.3 Å². The van der Waals surface area contributed by atoms with Crippen molar-refractivity contribution in [2.45, 2.75) is 6.18 Å². The average Bonchev–Trinajstić information content (AvgIpc) is 3.60. The standard InChI is InChI=1S/C32H24F4N4O4S/c1-37-31(41)29-22-15-21(26(39(2)45(3,42)43)16-28(22)44-30(29)18-8-11-20(33)12-9-18)19-10-13-24-27(14-19)40(17-38-24)25-7-5-4-6-23(25)32(34,35)36/h4-17H,1-3H3,(H,37,41). The maximum atomic E-state index is 13.9. The van der Waals surface area contributed by atoms with Gasteiger partial charge in [-0.2, -0.15) is 13.2 Å². The molecule has 6 rings (SSSR count). The fourth-order valence-electron chi connectivity index (χ4n) is 5.25. The molecule has 1 amide bonds. The van der Waals surface area contributed by atoms with Crippen molar-refractivity contribution >= 4 is 43.6 Å². The van der Waals surface area contributed by atoms with Crippen molar-refractivity contribution in [1.82, 2.24) is 14.9 Å². The Bertz CT molecular complexity index is 2220. The molecule has 0 aliphatic heterocycles. The zero-order valence-corrected chi connectivity index (χ0v) is 24.8. The molecule has 13 heteroatoms. The number of aromatic nitrogens is 2. The molecular formula is C32H24F4N4O4S. The number of benzene rings is 4. The lowest BCUT2D eigenvalue weighted by Crippen LogP contribution is -2.25. The topological polar surface area (TPSA) is 97.4 Å². The number of furan rings is 1. The van der Waals surface area contributed by atoms with Crippen LogP contribution in [0.4, 0.5) is 23.2 Å². The Kier molecular flexibility index (Phi) is 7.15. The highest BCUT2D eigenvalue weighted by atomic mass is 32.2. The Morgan fingerprint density at radius 2 is 1.67 bits per heavy atom. The van der Waals surface area contributed by atoms with Crippen molar-refractivity contribution in [2.75, 3.05) is 24.7 Å². The summed E-state index contributed by atoms with van der Waals surface area (Å²) in [5.74, 6) is -0.838. The molecule has 0 unspecified atom stereocenters. The van der Waals surface area contributed by atoms with Crippen LogP contribution >= 0.6 is 0 Å². The molecule has 0 atom stereocenters. The summed E-state index contributed by atoms with van der Waals surface area (Å²) in [6.07, 6.45) is -2.31. The molecule has 2 heterocycles. The minimum atomic E-state index is -4.62. The molecule has 45 heavy (non-hydrogen) atoms. The molecule has 8 nitrogen and oxygen atoms in total. The second-order valence-corrected chi connectivity index (χ2v) is 12.3. The molecule has 0 saturated heterocycles. The first-order chi connectivity index (χ1) is 21.3. The summed E-state index contributed by atoms with van der Waals surface area (Å²) < 4.78 is 89.4. The predicted octanol–water partition coefficient (Wildman–Crippen LogP) is 7.02. The van der Waals surface area contributed by atoms with Gasteiger partial charge in [-0.1, -0.05) is 18.2 Å². The Morgan fingerprint density at radius 3 is 2.33 bits per heavy atom. The molecule has 0 radical (unpaired) electrons. The van der Waals surface area contributed by atoms with Crippen molar-refractivity contribution in [1.29, 1.82) is 0 Å². The van der Waals surface area contributed by atoms with Crippen LogP contribution in [0.15, 0.2) is 89.6 Å². The highest BCUT2D eigenvalue weighted by Gasteiger charge is 2.34. The predicted molar refractivity (Wildman–Crippen MR) is 163 cm³/mol. The van der Waals surface area contributed by atoms with Crippen LogP contribution in [0.25, 0.3) is 50.1 Å². The van der Waals surface area contributed by atoms with Crippen LogP contribution in [-0.2, 0) is 16.2 Å². The van der Waals surface area contributed by atoms with E-state index in [1.54, 1.807) is 24.3 Å². The molecule has 4 aromatic carbocycles. The number of rotatable bonds is 6. The molecular weight excluding hydrogens is 612 g/mol. The maximum Gasteiger partial charge on any atom is 0.418 e. The van der Waals surface area contributed by atoms with E-state index < -0.39 is 33.5 Å². The zero-order valence-electron chi connectivity index (χ0n) is 24.0. The van der Waals surface area contributed by atoms with Gasteiger partial charge in [0.05, 0.1) is 39.8 Å². The number of para-hydroxylation sites is 1. The lowest BCUT2D eigenvalue weighted by atomic mass is 9.98. The fraction of sp³-hybridized carbons (Fsp3) is 0.125. The van der Waals surface area contributed by atoms with Crippen LogP contribution < -0.4 is 9.62 Å². The van der Waals surface area contributed by atoms with Crippen LogP contribution in [0.5, 0.6) is 0 Å². The molecule has 6 aromatic rings. The third-order valence-electron chi connectivity index (χ3n) is 7.53. The number of nitrogens with zero attached hydrogens (tertiary/aromatic N) is 3. The molecule has 0 saturated carbocycles. The number of hydrogen-bond acceptors (Lipinski definition) is 5. The maximum absolute atomic E-state index is 13.9. The van der Waals surface area contributed by atoms with E-state index in [1.807, 2.05) is 0 Å². The van der Waals surface area contributed by atoms with Gasteiger partial charge in [0.25, 0.3) is 5.91 Å². The summed E-state index contributed by atoms with van der Waals surface area (Å²) in [4.78, 5) is 17.5. The molecule has 0 aliphatic rings. The number of alkyl halides is 3. The van der Waals surface area contributed by atoms with Gasteiger partial charge in [-0.3, -0.25) is 13.7 Å². The van der Waals surface area contributed by atoms with Gasteiger partial charge in [-0.05, 0) is 60.2 Å². The molecule has 0 bridgehead atoms. The number of sulfonamides is 1. The van der Waals surface area contributed by atoms with Crippen molar-refractivity contribution in [3.63, 3.8) is 0 Å². The number of carbonyl (C=O) groups excluding carboxylic acids is 1. The van der Waals surface area contributed by atoms with Crippen LogP contribution in [-0.4, -0.2) is 44.2 Å². The van der Waals surface area contributed by atoms with E-state index in [4.69, 9.17) is 4.42 Å². The van der Waals surface area contributed by atoms with Gasteiger partial charge in [0.15, 0.2) is 0 Å². The summed E-state index contributed by atoms with van der Waals surface area (Å²) >= 11 is 0. The molecule has 0 fully saturated rings. The second-order valence-electron chi connectivity index (χ2n) is 10.3. The monoisotopic (exact) mass is 636 g/mol. The Balaban J connectivity index is 1.64. The van der Waals surface area contributed by atoms with Gasteiger partial charge in [0.2, 0.25) is 10.0 Å². The van der Waals surface area contributed by atoms with E-state index in [0.717, 1.165) is 16.6 Å². The average molecular weight is 637 g/mol. The lowest BCUT2D eigenvalue weighted by Gasteiger charge is -2.21. The quantitative estimate of drug-likeness (QED) is 0.198. The van der Waals surface area contributed by atoms with Gasteiger partial charge in [0, 0.05) is 36.7 Å². The number of amides is 1. The summed E-state index contributed by atoms with van der Waals surface area (Å²) in [6.45, 7) is 0. The normalized spacial score (nSPS) is 12.2. The Hall–Kier alpha value is -5.17. The number of hydrogen-bond donors (Lipinski definition) is 1. The van der Waals surface area contributed by atoms with Crippen LogP contribution in [0.3, 0.4) is 0 Å². The third kappa shape index (κ3) is 5.29.